The molecule has 1 atom stereocenters. The number of rotatable bonds is 3. The molecule has 0 saturated carbocycles. The van der Waals surface area contributed by atoms with Crippen LogP contribution in [0.2, 0.25) is 5.02 Å². The van der Waals surface area contributed by atoms with E-state index in [1.54, 1.807) is 11.6 Å². The molecule has 0 amide bonds. The number of hydrogen-bond donors (Lipinski definition) is 1. The molecule has 19 heavy (non-hydrogen) atoms. The fourth-order valence-corrected chi connectivity index (χ4v) is 3.16. The van der Waals surface area contributed by atoms with Gasteiger partial charge in [0.05, 0.1) is 4.90 Å². The number of sulfonamides is 1. The average Bonchev–Trinajstić information content (AvgIpc) is 2.23. The number of benzene rings is 1. The predicted octanol–water partition coefficient (Wildman–Crippen LogP) is 3.19. The van der Waals surface area contributed by atoms with Gasteiger partial charge in [0.1, 0.15) is 6.04 Å². The fraction of sp³-hybridized carbons (Fsp3) is 0.455. The molecule has 0 aromatic heterocycles. The van der Waals surface area contributed by atoms with Crippen molar-refractivity contribution < 1.29 is 21.6 Å². The first-order valence-electron chi connectivity index (χ1n) is 5.31. The second-order valence-electron chi connectivity index (χ2n) is 4.20. The van der Waals surface area contributed by atoms with Gasteiger partial charge in [-0.3, -0.25) is 0 Å². The molecule has 1 aromatic rings. The van der Waals surface area contributed by atoms with Crippen molar-refractivity contribution >= 4 is 21.6 Å². The second kappa shape index (κ2) is 5.30. The lowest BCUT2D eigenvalue weighted by atomic mass is 10.1. The maximum atomic E-state index is 12.4. The van der Waals surface area contributed by atoms with Crippen molar-refractivity contribution in [3.8, 4) is 0 Å². The largest absolute Gasteiger partial charge is 0.404 e. The minimum atomic E-state index is -4.64. The van der Waals surface area contributed by atoms with Gasteiger partial charge >= 0.3 is 6.18 Å². The van der Waals surface area contributed by atoms with E-state index in [4.69, 9.17) is 11.6 Å². The number of aryl methyl sites for hydroxylation is 1. The van der Waals surface area contributed by atoms with Crippen molar-refractivity contribution in [2.75, 3.05) is 0 Å². The van der Waals surface area contributed by atoms with E-state index in [-0.39, 0.29) is 15.5 Å². The molecule has 0 bridgehead atoms. The zero-order valence-corrected chi connectivity index (χ0v) is 12.0. The summed E-state index contributed by atoms with van der Waals surface area (Å²) in [5.74, 6) is 0. The lowest BCUT2D eigenvalue weighted by molar-refractivity contribution is -0.147. The standard InChI is InChI=1S/C11H13ClF3NO2S/c1-6-4-5-9(7(2)10(6)12)19(17,18)16-8(3)11(13,14)15/h4-5,8,16H,1-3H3/t8-/m0/s1. The highest BCUT2D eigenvalue weighted by Crippen LogP contribution is 2.28. The quantitative estimate of drug-likeness (QED) is 0.931. The van der Waals surface area contributed by atoms with Gasteiger partial charge in [-0.15, -0.1) is 0 Å². The van der Waals surface area contributed by atoms with Crippen LogP contribution in [0.15, 0.2) is 17.0 Å². The molecule has 0 saturated heterocycles. The number of alkyl halides is 3. The lowest BCUT2D eigenvalue weighted by Crippen LogP contribution is -2.43. The molecule has 0 aliphatic heterocycles. The fourth-order valence-electron chi connectivity index (χ4n) is 1.46. The van der Waals surface area contributed by atoms with Crippen molar-refractivity contribution in [3.05, 3.63) is 28.3 Å². The molecule has 0 radical (unpaired) electrons. The molecular weight excluding hydrogens is 303 g/mol. The van der Waals surface area contributed by atoms with Crippen LogP contribution >= 0.6 is 11.6 Å². The Morgan fingerprint density at radius 1 is 1.26 bits per heavy atom. The summed E-state index contributed by atoms with van der Waals surface area (Å²) in [4.78, 5) is -0.251. The van der Waals surface area contributed by atoms with Crippen LogP contribution in [0.25, 0.3) is 0 Å². The summed E-state index contributed by atoms with van der Waals surface area (Å²) in [7, 11) is -4.27. The summed E-state index contributed by atoms with van der Waals surface area (Å²) in [5, 5.41) is 0.225. The SMILES string of the molecule is Cc1ccc(S(=O)(=O)N[C@@H](C)C(F)(F)F)c(C)c1Cl. The van der Waals surface area contributed by atoms with Gasteiger partial charge in [-0.2, -0.15) is 17.9 Å². The summed E-state index contributed by atoms with van der Waals surface area (Å²) in [5.41, 5.74) is 0.880. The number of hydrogen-bond acceptors (Lipinski definition) is 2. The highest BCUT2D eigenvalue weighted by atomic mass is 35.5. The van der Waals surface area contributed by atoms with Gasteiger partial charge in [0.25, 0.3) is 0 Å². The van der Waals surface area contributed by atoms with E-state index in [0.29, 0.717) is 5.56 Å². The molecule has 1 rings (SSSR count). The zero-order valence-electron chi connectivity index (χ0n) is 10.5. The molecule has 0 aliphatic rings. The Balaban J connectivity index is 3.19. The third-order valence-corrected chi connectivity index (χ3v) is 4.91. The normalized spacial score (nSPS) is 14.5. The van der Waals surface area contributed by atoms with Crippen LogP contribution in [0.1, 0.15) is 18.1 Å². The van der Waals surface area contributed by atoms with Crippen molar-refractivity contribution in [1.82, 2.24) is 4.72 Å². The van der Waals surface area contributed by atoms with Crippen molar-refractivity contribution in [2.24, 2.45) is 0 Å². The molecule has 0 spiro atoms. The van der Waals surface area contributed by atoms with E-state index in [9.17, 15) is 21.6 Å². The highest BCUT2D eigenvalue weighted by Gasteiger charge is 2.39. The Hall–Kier alpha value is -0.790. The summed E-state index contributed by atoms with van der Waals surface area (Å²) in [6.07, 6.45) is -4.64. The van der Waals surface area contributed by atoms with E-state index in [1.807, 2.05) is 0 Å². The predicted molar refractivity (Wildman–Crippen MR) is 66.8 cm³/mol. The third-order valence-electron chi connectivity index (χ3n) is 2.64. The number of halogens is 4. The van der Waals surface area contributed by atoms with E-state index >= 15 is 0 Å². The Morgan fingerprint density at radius 2 is 1.79 bits per heavy atom. The van der Waals surface area contributed by atoms with Gasteiger partial charge in [0.15, 0.2) is 0 Å². The zero-order chi connectivity index (χ0) is 15.0. The molecule has 0 unspecified atom stereocenters. The summed E-state index contributed by atoms with van der Waals surface area (Å²) < 4.78 is 62.6. The maximum Gasteiger partial charge on any atom is 0.404 e. The number of nitrogens with one attached hydrogen (secondary N) is 1. The van der Waals surface area contributed by atoms with Crippen LogP contribution in [0.4, 0.5) is 13.2 Å². The van der Waals surface area contributed by atoms with Gasteiger partial charge < -0.3 is 0 Å². The van der Waals surface area contributed by atoms with E-state index in [0.717, 1.165) is 6.92 Å². The van der Waals surface area contributed by atoms with Crippen LogP contribution in [0.3, 0.4) is 0 Å². The first-order valence-corrected chi connectivity index (χ1v) is 7.17. The second-order valence-corrected chi connectivity index (χ2v) is 6.26. The van der Waals surface area contributed by atoms with Crippen molar-refractivity contribution in [3.63, 3.8) is 0 Å². The molecule has 0 aliphatic carbocycles. The first kappa shape index (κ1) is 16.3. The Morgan fingerprint density at radius 3 is 2.26 bits per heavy atom. The summed E-state index contributed by atoms with van der Waals surface area (Å²) in [6, 6.07) is 0.515. The van der Waals surface area contributed by atoms with Gasteiger partial charge in [-0.05, 0) is 38.0 Å². The molecule has 0 fully saturated rings. The van der Waals surface area contributed by atoms with Crippen LogP contribution in [-0.2, 0) is 10.0 Å². The minimum absolute atomic E-state index is 0.225. The van der Waals surface area contributed by atoms with Gasteiger partial charge in [0.2, 0.25) is 10.0 Å². The molecule has 1 aromatic carbocycles. The van der Waals surface area contributed by atoms with Crippen LogP contribution < -0.4 is 4.72 Å². The Labute approximate surface area is 114 Å². The third kappa shape index (κ3) is 3.61. The monoisotopic (exact) mass is 315 g/mol. The van der Waals surface area contributed by atoms with Crippen molar-refractivity contribution in [1.29, 1.82) is 0 Å². The van der Waals surface area contributed by atoms with Crippen LogP contribution in [-0.4, -0.2) is 20.6 Å². The van der Waals surface area contributed by atoms with Gasteiger partial charge in [-0.25, -0.2) is 8.42 Å². The molecule has 8 heteroatoms. The summed E-state index contributed by atoms with van der Waals surface area (Å²) >= 11 is 5.90. The lowest BCUT2D eigenvalue weighted by Gasteiger charge is -2.18. The molecule has 1 N–H and O–H groups in total. The van der Waals surface area contributed by atoms with Crippen LogP contribution in [0.5, 0.6) is 0 Å². The smallest absolute Gasteiger partial charge is 0.207 e. The van der Waals surface area contributed by atoms with Gasteiger partial charge in [0, 0.05) is 5.02 Å². The van der Waals surface area contributed by atoms with Crippen LogP contribution in [0, 0.1) is 13.8 Å². The maximum absolute atomic E-state index is 12.4. The highest BCUT2D eigenvalue weighted by molar-refractivity contribution is 7.89. The van der Waals surface area contributed by atoms with E-state index < -0.39 is 22.2 Å². The van der Waals surface area contributed by atoms with E-state index in [2.05, 4.69) is 0 Å². The Bertz CT molecular complexity index is 584. The average molecular weight is 316 g/mol. The minimum Gasteiger partial charge on any atom is -0.207 e. The van der Waals surface area contributed by atoms with Gasteiger partial charge in [-0.1, -0.05) is 17.7 Å². The molecular formula is C11H13ClF3NO2S. The summed E-state index contributed by atoms with van der Waals surface area (Å²) in [6.45, 7) is 3.86. The Kier molecular flexibility index (Phi) is 4.54. The van der Waals surface area contributed by atoms with Crippen molar-refractivity contribution in [2.45, 2.75) is 37.9 Å². The molecule has 108 valence electrons. The van der Waals surface area contributed by atoms with E-state index in [1.165, 1.54) is 19.1 Å². The topological polar surface area (TPSA) is 46.2 Å². The molecule has 0 heterocycles. The molecule has 3 nitrogen and oxygen atoms in total. The first-order chi connectivity index (χ1) is 8.47.